The number of fused-ring (bicyclic) bond motifs is 1. The largest absolute Gasteiger partial charge is 0.495 e. The number of anilines is 1. The number of amides is 1. The predicted octanol–water partition coefficient (Wildman–Crippen LogP) is 3.64. The molecule has 3 aromatic rings. The summed E-state index contributed by atoms with van der Waals surface area (Å²) in [6.45, 7) is -0.419. The number of ether oxygens (including phenoxy) is 2. The number of aryl methyl sites for hydroxylation is 1. The van der Waals surface area contributed by atoms with Gasteiger partial charge in [-0.1, -0.05) is 29.8 Å². The molecule has 0 saturated heterocycles. The summed E-state index contributed by atoms with van der Waals surface area (Å²) >= 11 is 5.93. The minimum atomic E-state index is -0.560. The van der Waals surface area contributed by atoms with Crippen LogP contribution in [0, 0.1) is 0 Å². The molecule has 0 atom stereocenters. The van der Waals surface area contributed by atoms with E-state index in [1.54, 1.807) is 24.4 Å². The molecule has 2 aromatic carbocycles. The molecule has 1 N–H and O–H groups in total. The molecular formula is C19H17ClN2O4. The Morgan fingerprint density at radius 3 is 2.73 bits per heavy atom. The Hall–Kier alpha value is -2.99. The van der Waals surface area contributed by atoms with E-state index in [-0.39, 0.29) is 0 Å². The molecule has 6 nitrogen and oxygen atoms in total. The van der Waals surface area contributed by atoms with Crippen molar-refractivity contribution in [3.05, 3.63) is 59.2 Å². The average Bonchev–Trinajstić information content (AvgIpc) is 2.97. The number of carbonyl (C=O) groups excluding carboxylic acids is 2. The molecule has 134 valence electrons. The molecule has 0 bridgehead atoms. The molecule has 1 heterocycles. The zero-order valence-electron chi connectivity index (χ0n) is 14.3. The smallest absolute Gasteiger partial charge is 0.340 e. The van der Waals surface area contributed by atoms with Gasteiger partial charge in [0.2, 0.25) is 0 Å². The zero-order chi connectivity index (χ0) is 18.7. The first-order valence-corrected chi connectivity index (χ1v) is 8.22. The Kier molecular flexibility index (Phi) is 5.14. The molecule has 0 saturated carbocycles. The van der Waals surface area contributed by atoms with Crippen molar-refractivity contribution >= 4 is 40.1 Å². The Balaban J connectivity index is 1.68. The van der Waals surface area contributed by atoms with Crippen molar-refractivity contribution in [3.63, 3.8) is 0 Å². The van der Waals surface area contributed by atoms with Gasteiger partial charge in [0.25, 0.3) is 5.91 Å². The van der Waals surface area contributed by atoms with Gasteiger partial charge in [0.15, 0.2) is 6.61 Å². The van der Waals surface area contributed by atoms with Crippen LogP contribution in [0.4, 0.5) is 5.69 Å². The monoisotopic (exact) mass is 372 g/mol. The van der Waals surface area contributed by atoms with E-state index >= 15 is 0 Å². The van der Waals surface area contributed by atoms with E-state index in [2.05, 4.69) is 5.32 Å². The molecule has 26 heavy (non-hydrogen) atoms. The van der Waals surface area contributed by atoms with Crippen LogP contribution in [0.15, 0.2) is 48.7 Å². The van der Waals surface area contributed by atoms with Gasteiger partial charge in [0.1, 0.15) is 5.75 Å². The fourth-order valence-electron chi connectivity index (χ4n) is 2.68. The molecule has 0 unspecified atom stereocenters. The van der Waals surface area contributed by atoms with Gasteiger partial charge in [-0.05, 0) is 24.3 Å². The van der Waals surface area contributed by atoms with E-state index in [0.29, 0.717) is 22.0 Å². The third kappa shape index (κ3) is 3.65. The van der Waals surface area contributed by atoms with E-state index in [0.717, 1.165) is 10.9 Å². The second-order valence-corrected chi connectivity index (χ2v) is 6.08. The number of esters is 1. The summed E-state index contributed by atoms with van der Waals surface area (Å²) in [6.07, 6.45) is 1.69. The lowest BCUT2D eigenvalue weighted by molar-refractivity contribution is -0.119. The third-order valence-corrected chi connectivity index (χ3v) is 4.12. The van der Waals surface area contributed by atoms with Crippen molar-refractivity contribution in [1.29, 1.82) is 0 Å². The Bertz CT molecular complexity index is 981. The van der Waals surface area contributed by atoms with Crippen LogP contribution in [-0.2, 0) is 16.6 Å². The summed E-state index contributed by atoms with van der Waals surface area (Å²) in [4.78, 5) is 24.4. The van der Waals surface area contributed by atoms with Gasteiger partial charge in [0.05, 0.1) is 18.4 Å². The minimum absolute atomic E-state index is 0.409. The van der Waals surface area contributed by atoms with Gasteiger partial charge >= 0.3 is 5.97 Å². The highest BCUT2D eigenvalue weighted by molar-refractivity contribution is 6.31. The van der Waals surface area contributed by atoms with Gasteiger partial charge in [-0.2, -0.15) is 0 Å². The number of aromatic nitrogens is 1. The second kappa shape index (κ2) is 7.49. The molecule has 0 fully saturated rings. The van der Waals surface area contributed by atoms with E-state index in [9.17, 15) is 9.59 Å². The van der Waals surface area contributed by atoms with E-state index < -0.39 is 18.5 Å². The Morgan fingerprint density at radius 1 is 1.19 bits per heavy atom. The van der Waals surface area contributed by atoms with Crippen LogP contribution in [0.25, 0.3) is 10.9 Å². The van der Waals surface area contributed by atoms with Crippen molar-refractivity contribution in [2.75, 3.05) is 19.0 Å². The molecule has 7 heteroatoms. The Labute approximate surface area is 155 Å². The van der Waals surface area contributed by atoms with Crippen molar-refractivity contribution < 1.29 is 19.1 Å². The molecule has 0 aliphatic heterocycles. The van der Waals surface area contributed by atoms with E-state index in [1.165, 1.54) is 7.11 Å². The first-order chi connectivity index (χ1) is 12.5. The molecule has 0 radical (unpaired) electrons. The van der Waals surface area contributed by atoms with Gasteiger partial charge in [-0.25, -0.2) is 4.79 Å². The third-order valence-electron chi connectivity index (χ3n) is 3.89. The van der Waals surface area contributed by atoms with Crippen LogP contribution in [0.3, 0.4) is 0 Å². The number of nitrogens with one attached hydrogen (secondary N) is 1. The summed E-state index contributed by atoms with van der Waals surface area (Å²) in [5, 5.41) is 3.85. The van der Waals surface area contributed by atoms with Crippen LogP contribution in [0.5, 0.6) is 5.75 Å². The van der Waals surface area contributed by atoms with Gasteiger partial charge in [0, 0.05) is 29.2 Å². The van der Waals surface area contributed by atoms with E-state index in [4.69, 9.17) is 21.1 Å². The summed E-state index contributed by atoms with van der Waals surface area (Å²) in [5.74, 6) is -0.586. The van der Waals surface area contributed by atoms with Crippen LogP contribution in [-0.4, -0.2) is 30.2 Å². The van der Waals surface area contributed by atoms with Crippen LogP contribution in [0.2, 0.25) is 5.02 Å². The van der Waals surface area contributed by atoms with E-state index in [1.807, 2.05) is 35.9 Å². The number of hydrogen-bond acceptors (Lipinski definition) is 4. The number of nitrogens with zero attached hydrogens (tertiary/aromatic N) is 1. The average molecular weight is 373 g/mol. The normalized spacial score (nSPS) is 10.6. The maximum absolute atomic E-state index is 12.3. The second-order valence-electron chi connectivity index (χ2n) is 5.64. The standard InChI is InChI=1S/C19H17ClN2O4/c1-22-10-14(13-5-3-4-6-16(13)22)19(24)26-11-18(23)21-15-9-12(20)7-8-17(15)25-2/h3-10H,11H2,1-2H3,(H,21,23). The number of halogens is 1. The molecule has 3 rings (SSSR count). The molecular weight excluding hydrogens is 356 g/mol. The van der Waals surface area contributed by atoms with Gasteiger partial charge in [-0.3, -0.25) is 4.79 Å². The topological polar surface area (TPSA) is 69.6 Å². The fourth-order valence-corrected chi connectivity index (χ4v) is 2.85. The highest BCUT2D eigenvalue weighted by Crippen LogP contribution is 2.27. The summed E-state index contributed by atoms with van der Waals surface area (Å²) < 4.78 is 12.1. The maximum atomic E-state index is 12.3. The lowest BCUT2D eigenvalue weighted by Gasteiger charge is -2.10. The lowest BCUT2D eigenvalue weighted by Crippen LogP contribution is -2.21. The highest BCUT2D eigenvalue weighted by atomic mass is 35.5. The van der Waals surface area contributed by atoms with Crippen LogP contribution >= 0.6 is 11.6 Å². The van der Waals surface area contributed by atoms with Crippen molar-refractivity contribution in [1.82, 2.24) is 4.57 Å². The number of para-hydroxylation sites is 1. The number of rotatable bonds is 5. The van der Waals surface area contributed by atoms with Crippen LogP contribution in [0.1, 0.15) is 10.4 Å². The number of hydrogen-bond donors (Lipinski definition) is 1. The zero-order valence-corrected chi connectivity index (χ0v) is 15.0. The van der Waals surface area contributed by atoms with Crippen molar-refractivity contribution in [2.45, 2.75) is 0 Å². The van der Waals surface area contributed by atoms with Crippen LogP contribution < -0.4 is 10.1 Å². The molecule has 0 aliphatic carbocycles. The molecule has 1 aromatic heterocycles. The first-order valence-electron chi connectivity index (χ1n) is 7.84. The highest BCUT2D eigenvalue weighted by Gasteiger charge is 2.17. The molecule has 1 amide bonds. The molecule has 0 aliphatic rings. The minimum Gasteiger partial charge on any atom is -0.495 e. The van der Waals surface area contributed by atoms with Gasteiger partial charge < -0.3 is 19.4 Å². The lowest BCUT2D eigenvalue weighted by atomic mass is 10.2. The number of methoxy groups -OCH3 is 1. The summed E-state index contributed by atoms with van der Waals surface area (Å²) in [7, 11) is 3.33. The SMILES string of the molecule is COc1ccc(Cl)cc1NC(=O)COC(=O)c1cn(C)c2ccccc12. The predicted molar refractivity (Wildman–Crippen MR) is 99.8 cm³/mol. The summed E-state index contributed by atoms with van der Waals surface area (Å²) in [5.41, 5.74) is 1.73. The number of carbonyl (C=O) groups is 2. The molecule has 0 spiro atoms. The fraction of sp³-hybridized carbons (Fsp3) is 0.158. The summed E-state index contributed by atoms with van der Waals surface area (Å²) in [6, 6.07) is 12.3. The maximum Gasteiger partial charge on any atom is 0.340 e. The van der Waals surface area contributed by atoms with Crippen molar-refractivity contribution in [2.24, 2.45) is 7.05 Å². The number of benzene rings is 2. The Morgan fingerprint density at radius 2 is 1.96 bits per heavy atom. The quantitative estimate of drug-likeness (QED) is 0.694. The van der Waals surface area contributed by atoms with Gasteiger partial charge in [-0.15, -0.1) is 0 Å². The first kappa shape index (κ1) is 17.8. The van der Waals surface area contributed by atoms with Crippen molar-refractivity contribution in [3.8, 4) is 5.75 Å².